The maximum Gasteiger partial charge on any atom is 1.00 e. The van der Waals surface area contributed by atoms with Gasteiger partial charge in [0.25, 0.3) is 0 Å². The van der Waals surface area contributed by atoms with Gasteiger partial charge in [-0.25, -0.2) is 4.18 Å². The van der Waals surface area contributed by atoms with Crippen LogP contribution in [0.2, 0.25) is 0 Å². The van der Waals surface area contributed by atoms with Gasteiger partial charge >= 0.3 is 40.0 Å². The summed E-state index contributed by atoms with van der Waals surface area (Å²) in [6.45, 7) is 0.290. The van der Waals surface area contributed by atoms with Gasteiger partial charge in [-0.15, -0.1) is 0 Å². The first-order chi connectivity index (χ1) is 8.65. The van der Waals surface area contributed by atoms with Crippen LogP contribution in [0.15, 0.2) is 4.99 Å². The van der Waals surface area contributed by atoms with E-state index >= 15 is 0 Å². The van der Waals surface area contributed by atoms with Gasteiger partial charge < -0.3 is 25.2 Å². The van der Waals surface area contributed by atoms with E-state index < -0.39 is 53.5 Å². The molecule has 0 aliphatic carbocycles. The number of hydrogen-bond donors (Lipinski definition) is 4. The second-order valence-corrected chi connectivity index (χ2v) is 4.91. The van der Waals surface area contributed by atoms with E-state index in [9.17, 15) is 23.7 Å². The number of aliphatic hydroxyl groups is 3. The Balaban J connectivity index is 0.00000361. The first-order valence-corrected chi connectivity index (χ1v) is 6.51. The number of hydrogen-bond acceptors (Lipinski definition) is 9. The van der Waals surface area contributed by atoms with Gasteiger partial charge in [-0.3, -0.25) is 9.55 Å². The molecule has 0 saturated carbocycles. The Labute approximate surface area is 137 Å². The number of ether oxygens (including phenoxy) is 1. The topological polar surface area (TPSA) is 169 Å². The summed E-state index contributed by atoms with van der Waals surface area (Å²) in [5.41, 5.74) is 0. The Kier molecular flexibility index (Phi) is 8.05. The normalized spacial score (nSPS) is 35.5. The monoisotopic (exact) mass is 323 g/mol. The predicted molar refractivity (Wildman–Crippen MR) is 57.3 cm³/mol. The molecule has 0 aromatic heterocycles. The molecule has 112 valence electrons. The molecule has 0 aromatic rings. The summed E-state index contributed by atoms with van der Waals surface area (Å²) in [6, 6.07) is -1.56. The van der Waals surface area contributed by atoms with Crippen LogP contribution >= 0.6 is 0 Å². The summed E-state index contributed by atoms with van der Waals surface area (Å²) in [5.74, 6) is -0.772. The van der Waals surface area contributed by atoms with E-state index in [4.69, 9.17) is 14.4 Å². The van der Waals surface area contributed by atoms with Crippen molar-refractivity contribution in [3.05, 3.63) is 0 Å². The van der Waals surface area contributed by atoms with E-state index in [1.165, 1.54) is 0 Å². The molecule has 10 nitrogen and oxygen atoms in total. The van der Waals surface area contributed by atoms with Crippen molar-refractivity contribution in [2.45, 2.75) is 37.6 Å². The second-order valence-electron chi connectivity index (χ2n) is 3.87. The van der Waals surface area contributed by atoms with E-state index in [1.807, 2.05) is 0 Å². The molecule has 0 aromatic carbocycles. The molecule has 0 amide bonds. The summed E-state index contributed by atoms with van der Waals surface area (Å²) in [5, 5.41) is 39.1. The summed E-state index contributed by atoms with van der Waals surface area (Å²) < 4.78 is 38.9. The Bertz CT molecular complexity index is 437. The third-order valence-electron chi connectivity index (χ3n) is 2.40. The number of nitrogens with zero attached hydrogens (tertiary/aromatic N) is 1. The van der Waals surface area contributed by atoms with Gasteiger partial charge in [-0.1, -0.05) is 0 Å². The Morgan fingerprint density at radius 1 is 1.45 bits per heavy atom. The number of rotatable bonds is 4. The Morgan fingerprint density at radius 3 is 2.40 bits per heavy atom. The maximum atomic E-state index is 10.9. The van der Waals surface area contributed by atoms with Crippen molar-refractivity contribution in [3.8, 4) is 0 Å². The van der Waals surface area contributed by atoms with Gasteiger partial charge in [0, 0.05) is 0 Å². The zero-order valence-electron chi connectivity index (χ0n) is 10.8. The van der Waals surface area contributed by atoms with Crippen molar-refractivity contribution in [1.82, 2.24) is 0 Å². The van der Waals surface area contributed by atoms with Crippen molar-refractivity contribution < 1.29 is 71.9 Å². The van der Waals surface area contributed by atoms with E-state index in [1.54, 1.807) is 0 Å². The summed E-state index contributed by atoms with van der Waals surface area (Å²) in [4.78, 5) is 3.35. The van der Waals surface area contributed by atoms with Crippen LogP contribution in [0.4, 0.5) is 0 Å². The molecule has 1 fully saturated rings. The van der Waals surface area contributed by atoms with Crippen LogP contribution in [0.1, 0.15) is 6.92 Å². The minimum absolute atomic E-state index is 0. The van der Waals surface area contributed by atoms with Crippen molar-refractivity contribution in [2.24, 2.45) is 4.99 Å². The quantitative estimate of drug-likeness (QED) is 0.170. The van der Waals surface area contributed by atoms with Crippen LogP contribution in [0.5, 0.6) is 0 Å². The molecule has 0 spiro atoms. The zero-order valence-corrected chi connectivity index (χ0v) is 13.6. The summed E-state index contributed by atoms with van der Waals surface area (Å²) in [7, 11) is -4.96. The zero-order chi connectivity index (χ0) is 14.8. The van der Waals surface area contributed by atoms with Crippen molar-refractivity contribution in [3.63, 3.8) is 0 Å². The fourth-order valence-electron chi connectivity index (χ4n) is 1.67. The molecule has 5 atom stereocenters. The third-order valence-corrected chi connectivity index (χ3v) is 2.87. The van der Waals surface area contributed by atoms with Crippen molar-refractivity contribution >= 4 is 16.3 Å². The molecule has 1 heterocycles. The molecule has 1 aliphatic rings. The van der Waals surface area contributed by atoms with Crippen LogP contribution in [0, 0.1) is 0 Å². The first-order valence-electron chi connectivity index (χ1n) is 5.15. The number of aliphatic imine (C=N–C) groups is 1. The molecular weight excluding hydrogens is 309 g/mol. The average Bonchev–Trinajstić information content (AvgIpc) is 2.26. The first kappa shape index (κ1) is 20.2. The smallest absolute Gasteiger partial charge is 0.862 e. The standard InChI is InChI=1S/C8H15NO9S.Na/c1-3(11)9-5-7(18-19(14,15)16)6(12)4(2-10)17-8(5)13;/h4-8,10,12-13H,2H2,1H3,(H,9,11)(H,14,15,16);/q;+1/p-1/t4?,5?,6-,7+,8?;/m1./s1. The molecule has 1 saturated heterocycles. The average molecular weight is 323 g/mol. The van der Waals surface area contributed by atoms with Crippen LogP contribution in [0.3, 0.4) is 0 Å². The predicted octanol–water partition coefficient (Wildman–Crippen LogP) is -6.60. The van der Waals surface area contributed by atoms with Crippen LogP contribution in [0.25, 0.3) is 0 Å². The molecule has 20 heavy (non-hydrogen) atoms. The summed E-state index contributed by atoms with van der Waals surface area (Å²) in [6.07, 6.45) is -6.61. The molecule has 3 unspecified atom stereocenters. The molecule has 0 bridgehead atoms. The molecule has 4 N–H and O–H groups in total. The van der Waals surface area contributed by atoms with Crippen LogP contribution in [-0.2, 0) is 19.3 Å². The van der Waals surface area contributed by atoms with Gasteiger partial charge in [0.15, 0.2) is 6.29 Å². The van der Waals surface area contributed by atoms with Gasteiger partial charge in [0.1, 0.15) is 24.4 Å². The minimum atomic E-state index is -4.96. The van der Waals surface area contributed by atoms with Crippen LogP contribution in [-0.4, -0.2) is 71.4 Å². The fraction of sp³-hybridized carbons (Fsp3) is 0.875. The molecule has 1 aliphatic heterocycles. The van der Waals surface area contributed by atoms with E-state index in [0.29, 0.717) is 0 Å². The molecule has 0 radical (unpaired) electrons. The van der Waals surface area contributed by atoms with E-state index in [0.717, 1.165) is 6.92 Å². The van der Waals surface area contributed by atoms with E-state index in [2.05, 4.69) is 9.18 Å². The Morgan fingerprint density at radius 2 is 2.00 bits per heavy atom. The maximum absolute atomic E-state index is 10.9. The fourth-order valence-corrected chi connectivity index (χ4v) is 2.18. The van der Waals surface area contributed by atoms with Gasteiger partial charge in [0.2, 0.25) is 0 Å². The van der Waals surface area contributed by atoms with Gasteiger partial charge in [0.05, 0.1) is 6.61 Å². The molecule has 12 heteroatoms. The Hall–Kier alpha value is 0.180. The minimum Gasteiger partial charge on any atom is -0.862 e. The molecule has 1 rings (SSSR count). The van der Waals surface area contributed by atoms with E-state index in [-0.39, 0.29) is 29.6 Å². The molecular formula is C8H14NNaO9S. The van der Waals surface area contributed by atoms with Gasteiger partial charge in [-0.2, -0.15) is 8.42 Å². The third kappa shape index (κ3) is 5.52. The van der Waals surface area contributed by atoms with Crippen LogP contribution < -0.4 is 34.7 Å². The number of aliphatic hydroxyl groups excluding tert-OH is 3. The van der Waals surface area contributed by atoms with Crippen molar-refractivity contribution in [1.29, 1.82) is 0 Å². The van der Waals surface area contributed by atoms with Gasteiger partial charge in [-0.05, 0) is 12.8 Å². The SMILES string of the molecule is CC([O-])=NC1C(O)OC(CO)[C@@H](O)[C@H]1OS(=O)(=O)O.[Na+]. The summed E-state index contributed by atoms with van der Waals surface area (Å²) >= 11 is 0. The van der Waals surface area contributed by atoms with Crippen molar-refractivity contribution in [2.75, 3.05) is 6.61 Å². The second kappa shape index (κ2) is 7.98. The largest absolute Gasteiger partial charge is 1.00 e.